The predicted octanol–water partition coefficient (Wildman–Crippen LogP) is 3.84. The van der Waals surface area contributed by atoms with E-state index in [4.69, 9.17) is 0 Å². The topological polar surface area (TPSA) is 15.8 Å². The fourth-order valence-corrected chi connectivity index (χ4v) is 2.37. The van der Waals surface area contributed by atoms with Gasteiger partial charge < -0.3 is 4.98 Å². The van der Waals surface area contributed by atoms with E-state index in [9.17, 15) is 0 Å². The summed E-state index contributed by atoms with van der Waals surface area (Å²) in [7, 11) is 0. The summed E-state index contributed by atoms with van der Waals surface area (Å²) in [5, 5.41) is 0. The van der Waals surface area contributed by atoms with Crippen molar-refractivity contribution in [3.05, 3.63) is 24.0 Å². The van der Waals surface area contributed by atoms with Gasteiger partial charge in [0, 0.05) is 11.9 Å². The minimum Gasteiger partial charge on any atom is -0.365 e. The van der Waals surface area contributed by atoms with Crippen molar-refractivity contribution in [3.63, 3.8) is 0 Å². The van der Waals surface area contributed by atoms with Crippen LogP contribution in [0.2, 0.25) is 0 Å². The highest BCUT2D eigenvalue weighted by molar-refractivity contribution is 5.09. The summed E-state index contributed by atoms with van der Waals surface area (Å²) < 4.78 is 0. The number of nitrogens with one attached hydrogen (secondary N) is 1. The average molecular weight is 177 g/mol. The summed E-state index contributed by atoms with van der Waals surface area (Å²) in [5.41, 5.74) is 1.46. The summed E-state index contributed by atoms with van der Waals surface area (Å²) in [4.78, 5) is 3.36. The smallest absolute Gasteiger partial charge is 0.0178 e. The number of aromatic nitrogens is 1. The van der Waals surface area contributed by atoms with Gasteiger partial charge in [-0.2, -0.15) is 0 Å². The second-order valence-electron chi connectivity index (χ2n) is 4.17. The van der Waals surface area contributed by atoms with Crippen LogP contribution in [0.4, 0.5) is 0 Å². The van der Waals surface area contributed by atoms with Crippen LogP contribution in [0.25, 0.3) is 0 Å². The van der Waals surface area contributed by atoms with E-state index in [-0.39, 0.29) is 0 Å². The Morgan fingerprint density at radius 1 is 1.00 bits per heavy atom. The second-order valence-corrected chi connectivity index (χ2v) is 4.17. The molecule has 0 amide bonds. The fourth-order valence-electron chi connectivity index (χ4n) is 2.37. The van der Waals surface area contributed by atoms with Crippen LogP contribution < -0.4 is 0 Å². The summed E-state index contributed by atoms with van der Waals surface area (Å²) in [5.74, 6) is 0.815. The van der Waals surface area contributed by atoms with E-state index in [0.717, 1.165) is 5.92 Å². The second kappa shape index (κ2) is 4.50. The van der Waals surface area contributed by atoms with Crippen molar-refractivity contribution >= 4 is 0 Å². The molecule has 0 aromatic carbocycles. The van der Waals surface area contributed by atoms with Gasteiger partial charge in [0.1, 0.15) is 0 Å². The van der Waals surface area contributed by atoms with Gasteiger partial charge in [-0.3, -0.25) is 0 Å². The standard InChI is InChI=1S/C12H19N/c1-2-4-7-11(8-5-3-1)12-9-6-10-13-12/h6,9-11,13H,1-5,7-8H2. The molecule has 0 unspecified atom stereocenters. The first kappa shape index (κ1) is 8.86. The largest absolute Gasteiger partial charge is 0.365 e. The normalized spacial score (nSPS) is 20.9. The molecule has 0 radical (unpaired) electrons. The molecule has 0 atom stereocenters. The first-order chi connectivity index (χ1) is 6.47. The van der Waals surface area contributed by atoms with E-state index in [1.807, 2.05) is 6.20 Å². The molecule has 1 aliphatic carbocycles. The van der Waals surface area contributed by atoms with E-state index < -0.39 is 0 Å². The molecule has 1 fully saturated rings. The Bertz CT molecular complexity index is 217. The third kappa shape index (κ3) is 2.36. The van der Waals surface area contributed by atoms with Crippen LogP contribution in [-0.4, -0.2) is 4.98 Å². The molecule has 0 aliphatic heterocycles. The number of hydrogen-bond acceptors (Lipinski definition) is 0. The Kier molecular flexibility index (Phi) is 3.07. The van der Waals surface area contributed by atoms with Crippen molar-refractivity contribution in [2.75, 3.05) is 0 Å². The monoisotopic (exact) mass is 177 g/mol. The first-order valence-electron chi connectivity index (χ1n) is 5.60. The third-order valence-corrected chi connectivity index (χ3v) is 3.17. The van der Waals surface area contributed by atoms with Crippen molar-refractivity contribution in [1.29, 1.82) is 0 Å². The van der Waals surface area contributed by atoms with Crippen molar-refractivity contribution in [2.24, 2.45) is 0 Å². The van der Waals surface area contributed by atoms with Gasteiger partial charge in [-0.25, -0.2) is 0 Å². The molecule has 0 spiro atoms. The molecule has 0 saturated heterocycles. The molecule has 72 valence electrons. The van der Waals surface area contributed by atoms with E-state index in [2.05, 4.69) is 17.1 Å². The maximum Gasteiger partial charge on any atom is 0.0178 e. The molecular formula is C12H19N. The molecule has 13 heavy (non-hydrogen) atoms. The van der Waals surface area contributed by atoms with Gasteiger partial charge in [-0.15, -0.1) is 0 Å². The molecule has 1 nitrogen and oxygen atoms in total. The van der Waals surface area contributed by atoms with Crippen molar-refractivity contribution in [2.45, 2.75) is 50.9 Å². The zero-order chi connectivity index (χ0) is 8.93. The summed E-state index contributed by atoms with van der Waals surface area (Å²) in [6.45, 7) is 0. The Morgan fingerprint density at radius 2 is 1.69 bits per heavy atom. The van der Waals surface area contributed by atoms with E-state index >= 15 is 0 Å². The van der Waals surface area contributed by atoms with Gasteiger partial charge in [0.05, 0.1) is 0 Å². The molecular weight excluding hydrogens is 158 g/mol. The third-order valence-electron chi connectivity index (χ3n) is 3.17. The Hall–Kier alpha value is -0.720. The minimum atomic E-state index is 0.815. The van der Waals surface area contributed by atoms with Crippen LogP contribution in [0.1, 0.15) is 56.6 Å². The number of rotatable bonds is 1. The molecule has 1 aromatic rings. The van der Waals surface area contributed by atoms with Crippen LogP contribution >= 0.6 is 0 Å². The lowest BCUT2D eigenvalue weighted by atomic mass is 9.89. The molecule has 1 N–H and O–H groups in total. The summed E-state index contributed by atoms with van der Waals surface area (Å²) >= 11 is 0. The van der Waals surface area contributed by atoms with Crippen LogP contribution in [0.3, 0.4) is 0 Å². The highest BCUT2D eigenvalue weighted by atomic mass is 14.7. The highest BCUT2D eigenvalue weighted by Gasteiger charge is 2.13. The molecule has 2 rings (SSSR count). The Balaban J connectivity index is 1.96. The number of aromatic amines is 1. The zero-order valence-corrected chi connectivity index (χ0v) is 8.26. The summed E-state index contributed by atoms with van der Waals surface area (Å²) in [6.07, 6.45) is 12.0. The van der Waals surface area contributed by atoms with Crippen molar-refractivity contribution in [1.82, 2.24) is 4.98 Å². The van der Waals surface area contributed by atoms with Crippen molar-refractivity contribution < 1.29 is 0 Å². The lowest BCUT2D eigenvalue weighted by molar-refractivity contribution is 0.450. The molecule has 0 bridgehead atoms. The van der Waals surface area contributed by atoms with Crippen LogP contribution in [0.15, 0.2) is 18.3 Å². The van der Waals surface area contributed by atoms with Crippen LogP contribution in [-0.2, 0) is 0 Å². The molecule has 1 aromatic heterocycles. The Morgan fingerprint density at radius 3 is 2.31 bits per heavy atom. The Labute approximate surface area is 80.6 Å². The molecule has 1 heterocycles. The average Bonchev–Trinajstić information content (AvgIpc) is 2.55. The maximum absolute atomic E-state index is 3.36. The molecule has 1 saturated carbocycles. The lowest BCUT2D eigenvalue weighted by Gasteiger charge is -2.18. The lowest BCUT2D eigenvalue weighted by Crippen LogP contribution is -2.02. The van der Waals surface area contributed by atoms with Gasteiger partial charge >= 0.3 is 0 Å². The molecule has 1 aliphatic rings. The fraction of sp³-hybridized carbons (Fsp3) is 0.667. The van der Waals surface area contributed by atoms with Gasteiger partial charge in [-0.1, -0.05) is 32.1 Å². The SMILES string of the molecule is c1c[nH]c(C2CCCCCCC2)c1. The van der Waals surface area contributed by atoms with Crippen LogP contribution in [0.5, 0.6) is 0 Å². The zero-order valence-electron chi connectivity index (χ0n) is 8.26. The summed E-state index contributed by atoms with van der Waals surface area (Å²) in [6, 6.07) is 4.36. The van der Waals surface area contributed by atoms with Crippen LogP contribution in [0, 0.1) is 0 Å². The first-order valence-corrected chi connectivity index (χ1v) is 5.60. The van der Waals surface area contributed by atoms with E-state index in [0.29, 0.717) is 0 Å². The van der Waals surface area contributed by atoms with Gasteiger partial charge in [0.2, 0.25) is 0 Å². The maximum atomic E-state index is 3.36. The highest BCUT2D eigenvalue weighted by Crippen LogP contribution is 2.29. The predicted molar refractivity (Wildman–Crippen MR) is 55.9 cm³/mol. The molecule has 1 heteroatoms. The quantitative estimate of drug-likeness (QED) is 0.670. The van der Waals surface area contributed by atoms with Gasteiger partial charge in [0.15, 0.2) is 0 Å². The van der Waals surface area contributed by atoms with Gasteiger partial charge in [-0.05, 0) is 30.9 Å². The van der Waals surface area contributed by atoms with Gasteiger partial charge in [0.25, 0.3) is 0 Å². The van der Waals surface area contributed by atoms with E-state index in [1.165, 1.54) is 50.6 Å². The number of H-pyrrole nitrogens is 1. The van der Waals surface area contributed by atoms with Crippen molar-refractivity contribution in [3.8, 4) is 0 Å². The number of hydrogen-bond donors (Lipinski definition) is 1. The van der Waals surface area contributed by atoms with E-state index in [1.54, 1.807) is 0 Å². The minimum absolute atomic E-state index is 0.815.